The molecule has 5 N–H and O–H groups in total. The molecule has 128 valence electrons. The molecule has 0 atom stereocenters. The number of ether oxygens (including phenoxy) is 1. The molecule has 2 rings (SSSR count). The van der Waals surface area contributed by atoms with Crippen LogP contribution in [0.4, 0.5) is 0 Å². The monoisotopic (exact) mass is 340 g/mol. The summed E-state index contributed by atoms with van der Waals surface area (Å²) in [6, 6.07) is 5.15. The molecule has 8 heteroatoms. The third-order valence-corrected chi connectivity index (χ3v) is 4.86. The number of hydrogen-bond acceptors (Lipinski definition) is 4. The quantitative estimate of drug-likeness (QED) is 0.547. The van der Waals surface area contributed by atoms with Crippen molar-refractivity contribution in [1.29, 1.82) is 0 Å². The van der Waals surface area contributed by atoms with Crippen LogP contribution in [0.3, 0.4) is 0 Å². The van der Waals surface area contributed by atoms with Gasteiger partial charge in [0.05, 0.1) is 13.7 Å². The first kappa shape index (κ1) is 17.6. The van der Waals surface area contributed by atoms with Gasteiger partial charge in [0, 0.05) is 6.04 Å². The summed E-state index contributed by atoms with van der Waals surface area (Å²) in [5.74, 6) is 0.596. The van der Waals surface area contributed by atoms with Gasteiger partial charge >= 0.3 is 0 Å². The van der Waals surface area contributed by atoms with Gasteiger partial charge in [-0.2, -0.15) is 0 Å². The molecule has 0 unspecified atom stereocenters. The number of aliphatic imine (C=N–C) groups is 1. The average Bonchev–Trinajstić information content (AvgIpc) is 2.53. The van der Waals surface area contributed by atoms with Gasteiger partial charge in [-0.1, -0.05) is 25.3 Å². The number of sulfonamides is 1. The second-order valence-electron chi connectivity index (χ2n) is 5.71. The molecule has 1 aromatic rings. The van der Waals surface area contributed by atoms with Crippen molar-refractivity contribution in [3.63, 3.8) is 0 Å². The number of guanidine groups is 1. The molecule has 0 bridgehead atoms. The van der Waals surface area contributed by atoms with Crippen molar-refractivity contribution in [2.45, 2.75) is 49.6 Å². The summed E-state index contributed by atoms with van der Waals surface area (Å²) >= 11 is 0. The van der Waals surface area contributed by atoms with Crippen LogP contribution in [0.2, 0.25) is 0 Å². The van der Waals surface area contributed by atoms with Crippen molar-refractivity contribution < 1.29 is 13.2 Å². The van der Waals surface area contributed by atoms with E-state index in [0.717, 1.165) is 12.8 Å². The molecule has 1 aromatic carbocycles. The zero-order valence-corrected chi connectivity index (χ0v) is 14.1. The number of nitrogens with one attached hydrogen (secondary N) is 1. The van der Waals surface area contributed by atoms with Crippen LogP contribution < -0.4 is 20.9 Å². The number of benzene rings is 1. The maximum Gasteiger partial charge on any atom is 0.241 e. The normalized spacial score (nSPS) is 17.0. The molecule has 23 heavy (non-hydrogen) atoms. The van der Waals surface area contributed by atoms with Crippen LogP contribution in [0.15, 0.2) is 28.1 Å². The van der Waals surface area contributed by atoms with E-state index in [1.165, 1.54) is 32.4 Å². The number of nitrogens with zero attached hydrogens (tertiary/aromatic N) is 1. The second kappa shape index (κ2) is 7.65. The van der Waals surface area contributed by atoms with Crippen molar-refractivity contribution in [3.05, 3.63) is 23.8 Å². The smallest absolute Gasteiger partial charge is 0.241 e. The number of methoxy groups -OCH3 is 1. The Bertz CT molecular complexity index is 667. The van der Waals surface area contributed by atoms with Gasteiger partial charge in [-0.25, -0.2) is 18.5 Å². The Morgan fingerprint density at radius 1 is 1.35 bits per heavy atom. The minimum Gasteiger partial charge on any atom is -0.495 e. The van der Waals surface area contributed by atoms with Gasteiger partial charge in [-0.05, 0) is 30.5 Å². The van der Waals surface area contributed by atoms with Crippen LogP contribution >= 0.6 is 0 Å². The van der Waals surface area contributed by atoms with E-state index in [4.69, 9.17) is 15.6 Å². The predicted octanol–water partition coefficient (Wildman–Crippen LogP) is 1.08. The predicted molar refractivity (Wildman–Crippen MR) is 89.7 cm³/mol. The minimum atomic E-state index is -3.85. The first-order chi connectivity index (χ1) is 10.9. The Kier molecular flexibility index (Phi) is 5.84. The largest absolute Gasteiger partial charge is 0.495 e. The summed E-state index contributed by atoms with van der Waals surface area (Å²) in [5, 5.41) is 8.42. The highest BCUT2D eigenvalue weighted by atomic mass is 32.2. The van der Waals surface area contributed by atoms with E-state index in [1.54, 1.807) is 12.1 Å². The van der Waals surface area contributed by atoms with Crippen molar-refractivity contribution in [3.8, 4) is 5.75 Å². The molecular formula is C15H24N4O3S. The number of primary sulfonamides is 1. The Hall–Kier alpha value is -1.80. The highest BCUT2D eigenvalue weighted by Gasteiger charge is 2.16. The van der Waals surface area contributed by atoms with E-state index in [9.17, 15) is 8.42 Å². The lowest BCUT2D eigenvalue weighted by molar-refractivity contribution is 0.402. The fourth-order valence-corrected chi connectivity index (χ4v) is 3.47. The minimum absolute atomic E-state index is 0.0495. The van der Waals surface area contributed by atoms with Gasteiger partial charge in [0.25, 0.3) is 0 Å². The van der Waals surface area contributed by atoms with Gasteiger partial charge in [0.1, 0.15) is 10.6 Å². The lowest BCUT2D eigenvalue weighted by atomic mass is 9.96. The highest BCUT2D eigenvalue weighted by Crippen LogP contribution is 2.24. The van der Waals surface area contributed by atoms with Crippen molar-refractivity contribution in [2.75, 3.05) is 7.11 Å². The molecule has 0 radical (unpaired) electrons. The van der Waals surface area contributed by atoms with Crippen molar-refractivity contribution in [2.24, 2.45) is 15.9 Å². The number of rotatable bonds is 5. The summed E-state index contributed by atoms with van der Waals surface area (Å²) < 4.78 is 28.2. The van der Waals surface area contributed by atoms with Gasteiger partial charge in [0.2, 0.25) is 10.0 Å². The zero-order valence-electron chi connectivity index (χ0n) is 13.3. The standard InChI is InChI=1S/C15H24N4O3S/c1-22-13-8-7-11(9-14(13)23(17,20)21)10-18-15(16)19-12-5-3-2-4-6-12/h7-9,12H,2-6,10H2,1H3,(H3,16,18,19)(H2,17,20,21). The van der Waals surface area contributed by atoms with Crippen LogP contribution in [-0.4, -0.2) is 27.5 Å². The molecule has 0 aliphatic heterocycles. The first-order valence-corrected chi connectivity index (χ1v) is 9.21. The fourth-order valence-electron chi connectivity index (χ4n) is 2.72. The van der Waals surface area contributed by atoms with E-state index in [2.05, 4.69) is 10.3 Å². The van der Waals surface area contributed by atoms with Crippen LogP contribution in [0.5, 0.6) is 5.75 Å². The molecular weight excluding hydrogens is 316 g/mol. The summed E-state index contributed by atoms with van der Waals surface area (Å²) in [7, 11) is -2.45. The molecule has 0 amide bonds. The van der Waals surface area contributed by atoms with E-state index >= 15 is 0 Å². The van der Waals surface area contributed by atoms with Crippen LogP contribution in [0, 0.1) is 0 Å². The Morgan fingerprint density at radius 2 is 2.04 bits per heavy atom. The second-order valence-corrected chi connectivity index (χ2v) is 7.24. The first-order valence-electron chi connectivity index (χ1n) is 7.66. The third-order valence-electron chi connectivity index (χ3n) is 3.92. The molecule has 1 aliphatic carbocycles. The maximum atomic E-state index is 11.6. The molecule has 0 aromatic heterocycles. The van der Waals surface area contributed by atoms with Crippen molar-refractivity contribution >= 4 is 16.0 Å². The maximum absolute atomic E-state index is 11.6. The molecule has 1 aliphatic rings. The molecule has 1 fully saturated rings. The van der Waals surface area contributed by atoms with E-state index < -0.39 is 10.0 Å². The molecule has 0 heterocycles. The lowest BCUT2D eigenvalue weighted by Gasteiger charge is -2.23. The van der Waals surface area contributed by atoms with Crippen LogP contribution in [-0.2, 0) is 16.6 Å². The average molecular weight is 340 g/mol. The van der Waals surface area contributed by atoms with Gasteiger partial charge in [-0.15, -0.1) is 0 Å². The van der Waals surface area contributed by atoms with Crippen LogP contribution in [0.25, 0.3) is 0 Å². The molecule has 1 saturated carbocycles. The summed E-state index contributed by atoms with van der Waals surface area (Å²) in [6.07, 6.45) is 5.91. The van der Waals surface area contributed by atoms with Gasteiger partial charge in [-0.3, -0.25) is 0 Å². The Labute approximate surface area is 137 Å². The number of nitrogens with two attached hydrogens (primary N) is 2. The zero-order chi connectivity index (χ0) is 16.9. The third kappa shape index (κ3) is 5.11. The van der Waals surface area contributed by atoms with Gasteiger partial charge < -0.3 is 15.8 Å². The Morgan fingerprint density at radius 3 is 2.65 bits per heavy atom. The molecule has 0 saturated heterocycles. The summed E-state index contributed by atoms with van der Waals surface area (Å²) in [6.45, 7) is 0.276. The van der Waals surface area contributed by atoms with Crippen molar-refractivity contribution in [1.82, 2.24) is 5.32 Å². The van der Waals surface area contributed by atoms with E-state index in [1.807, 2.05) is 0 Å². The number of hydrogen-bond donors (Lipinski definition) is 3. The molecule has 7 nitrogen and oxygen atoms in total. The Balaban J connectivity index is 2.06. The van der Waals surface area contributed by atoms with E-state index in [0.29, 0.717) is 17.6 Å². The molecule has 0 spiro atoms. The summed E-state index contributed by atoms with van der Waals surface area (Å²) in [5.41, 5.74) is 6.60. The lowest BCUT2D eigenvalue weighted by Crippen LogP contribution is -2.41. The fraction of sp³-hybridized carbons (Fsp3) is 0.533. The SMILES string of the molecule is COc1ccc(CN=C(N)NC2CCCCC2)cc1S(N)(=O)=O. The van der Waals surface area contributed by atoms with E-state index in [-0.39, 0.29) is 17.2 Å². The highest BCUT2D eigenvalue weighted by molar-refractivity contribution is 7.89. The topological polar surface area (TPSA) is 120 Å². The van der Waals surface area contributed by atoms with Crippen LogP contribution in [0.1, 0.15) is 37.7 Å². The van der Waals surface area contributed by atoms with Gasteiger partial charge in [0.15, 0.2) is 5.96 Å². The summed E-state index contributed by atoms with van der Waals surface area (Å²) in [4.78, 5) is 4.22.